The highest BCUT2D eigenvalue weighted by Crippen LogP contribution is 2.30. The average molecular weight is 410 g/mol. The fraction of sp³-hybridized carbons (Fsp3) is 0.560. The van der Waals surface area contributed by atoms with Gasteiger partial charge in [0.25, 0.3) is 0 Å². The molecule has 0 unspecified atom stereocenters. The second-order valence-corrected chi connectivity index (χ2v) is 8.51. The van der Waals surface area contributed by atoms with Gasteiger partial charge >= 0.3 is 0 Å². The number of pyridine rings is 1. The molecule has 0 amide bonds. The van der Waals surface area contributed by atoms with Gasteiger partial charge in [0.05, 0.1) is 24.7 Å². The third-order valence-corrected chi connectivity index (χ3v) is 6.21. The van der Waals surface area contributed by atoms with E-state index in [1.807, 2.05) is 18.5 Å². The predicted molar refractivity (Wildman–Crippen MR) is 121 cm³/mol. The van der Waals surface area contributed by atoms with Crippen molar-refractivity contribution in [3.8, 4) is 5.75 Å². The molecular weight excluding hydrogens is 374 g/mol. The van der Waals surface area contributed by atoms with E-state index in [9.17, 15) is 0 Å². The average Bonchev–Trinajstić information content (AvgIpc) is 3.48. The summed E-state index contributed by atoms with van der Waals surface area (Å²) in [7, 11) is 0. The molecule has 1 aromatic heterocycles. The lowest BCUT2D eigenvalue weighted by molar-refractivity contribution is 0.116. The van der Waals surface area contributed by atoms with Gasteiger partial charge in [0.15, 0.2) is 0 Å². The number of nitrogens with zero attached hydrogens (tertiary/aromatic N) is 2. The molecule has 2 aliphatic heterocycles. The van der Waals surface area contributed by atoms with Gasteiger partial charge in [-0.15, -0.1) is 0 Å². The van der Waals surface area contributed by atoms with Crippen LogP contribution >= 0.6 is 0 Å². The molecule has 2 saturated heterocycles. The second-order valence-electron chi connectivity index (χ2n) is 8.51. The normalized spacial score (nSPS) is 21.3. The van der Waals surface area contributed by atoms with Crippen molar-refractivity contribution in [2.75, 3.05) is 31.2 Å². The Labute approximate surface area is 180 Å². The van der Waals surface area contributed by atoms with Crippen LogP contribution in [0.1, 0.15) is 50.5 Å². The van der Waals surface area contributed by atoms with E-state index in [0.717, 1.165) is 38.5 Å². The van der Waals surface area contributed by atoms with Gasteiger partial charge in [-0.1, -0.05) is 30.3 Å². The molecule has 3 heterocycles. The Hall–Kier alpha value is -2.11. The zero-order valence-corrected chi connectivity index (χ0v) is 18.0. The summed E-state index contributed by atoms with van der Waals surface area (Å²) in [5, 5.41) is 3.48. The fourth-order valence-electron chi connectivity index (χ4n) is 4.56. The smallest absolute Gasteiger partial charge is 0.139 e. The number of unbranched alkanes of at least 4 members (excludes halogenated alkanes) is 1. The Bertz CT molecular complexity index is 749. The van der Waals surface area contributed by atoms with Crippen LogP contribution in [-0.2, 0) is 11.3 Å². The Morgan fingerprint density at radius 2 is 2.00 bits per heavy atom. The van der Waals surface area contributed by atoms with E-state index in [4.69, 9.17) is 9.47 Å². The molecule has 5 nitrogen and oxygen atoms in total. The number of aromatic nitrogens is 1. The first-order chi connectivity index (χ1) is 14.9. The van der Waals surface area contributed by atoms with Crippen LogP contribution in [0.25, 0.3) is 0 Å². The number of anilines is 1. The lowest BCUT2D eigenvalue weighted by Crippen LogP contribution is -2.30. The van der Waals surface area contributed by atoms with Gasteiger partial charge in [-0.3, -0.25) is 4.98 Å². The highest BCUT2D eigenvalue weighted by Gasteiger charge is 2.25. The summed E-state index contributed by atoms with van der Waals surface area (Å²) >= 11 is 0. The minimum absolute atomic E-state index is 0.484. The van der Waals surface area contributed by atoms with Crippen molar-refractivity contribution in [2.45, 2.75) is 63.6 Å². The highest BCUT2D eigenvalue weighted by atomic mass is 16.5. The summed E-state index contributed by atoms with van der Waals surface area (Å²) in [5.41, 5.74) is 2.45. The van der Waals surface area contributed by atoms with Crippen LogP contribution in [0.3, 0.4) is 0 Å². The van der Waals surface area contributed by atoms with Crippen molar-refractivity contribution in [1.82, 2.24) is 10.3 Å². The zero-order valence-electron chi connectivity index (χ0n) is 18.0. The topological polar surface area (TPSA) is 46.6 Å². The molecular formula is C25H35N3O2. The lowest BCUT2D eigenvalue weighted by atomic mass is 10.1. The molecule has 0 spiro atoms. The second kappa shape index (κ2) is 11.3. The molecule has 1 aromatic carbocycles. The first kappa shape index (κ1) is 21.1. The van der Waals surface area contributed by atoms with E-state index >= 15 is 0 Å². The number of nitrogens with one attached hydrogen (secondary N) is 1. The lowest BCUT2D eigenvalue weighted by Gasteiger charge is -2.27. The molecule has 2 fully saturated rings. The van der Waals surface area contributed by atoms with Crippen LogP contribution in [0.5, 0.6) is 5.75 Å². The quantitative estimate of drug-likeness (QED) is 0.551. The van der Waals surface area contributed by atoms with Gasteiger partial charge in [-0.2, -0.15) is 0 Å². The Balaban J connectivity index is 1.19. The van der Waals surface area contributed by atoms with E-state index in [2.05, 4.69) is 45.5 Å². The molecule has 2 aromatic rings. The van der Waals surface area contributed by atoms with E-state index in [-0.39, 0.29) is 0 Å². The highest BCUT2D eigenvalue weighted by molar-refractivity contribution is 5.50. The predicted octanol–water partition coefficient (Wildman–Crippen LogP) is 4.57. The van der Waals surface area contributed by atoms with E-state index in [1.165, 1.54) is 49.8 Å². The summed E-state index contributed by atoms with van der Waals surface area (Å²) in [6.07, 6.45) is 12.3. The van der Waals surface area contributed by atoms with E-state index < -0.39 is 0 Å². The number of ether oxygens (including phenoxy) is 2. The van der Waals surface area contributed by atoms with Crippen molar-refractivity contribution < 1.29 is 9.47 Å². The molecule has 162 valence electrons. The van der Waals surface area contributed by atoms with Gasteiger partial charge in [0.1, 0.15) is 12.4 Å². The number of hydrogen-bond acceptors (Lipinski definition) is 5. The summed E-state index contributed by atoms with van der Waals surface area (Å²) < 4.78 is 11.9. The molecule has 2 atom stereocenters. The van der Waals surface area contributed by atoms with Crippen molar-refractivity contribution in [3.05, 3.63) is 54.4 Å². The molecule has 0 saturated carbocycles. The van der Waals surface area contributed by atoms with Crippen LogP contribution in [0.4, 0.5) is 5.69 Å². The molecule has 0 aliphatic carbocycles. The molecule has 0 radical (unpaired) electrons. The van der Waals surface area contributed by atoms with Gasteiger partial charge in [0, 0.05) is 31.3 Å². The van der Waals surface area contributed by atoms with Crippen molar-refractivity contribution in [1.29, 1.82) is 0 Å². The molecule has 4 rings (SSSR count). The maximum absolute atomic E-state index is 6.02. The number of hydrogen-bond donors (Lipinski definition) is 1. The van der Waals surface area contributed by atoms with Crippen molar-refractivity contribution in [3.63, 3.8) is 0 Å². The standard InChI is InChI=1S/C25H35N3O2/c1-2-8-21(9-3-1)19-29-15-5-4-11-23-12-7-14-28(23)24-16-25(18-26-17-24)30-20-22-10-6-13-27-22/h1-3,8-9,16-18,22-23,27H,4-7,10-15,19-20H2/t22-,23+/m0/s1. The van der Waals surface area contributed by atoms with E-state index in [0.29, 0.717) is 18.7 Å². The van der Waals surface area contributed by atoms with Crippen molar-refractivity contribution >= 4 is 5.69 Å². The molecule has 0 bridgehead atoms. The van der Waals surface area contributed by atoms with Crippen LogP contribution in [-0.4, -0.2) is 43.4 Å². The Kier molecular flexibility index (Phi) is 7.98. The van der Waals surface area contributed by atoms with Crippen molar-refractivity contribution in [2.24, 2.45) is 0 Å². The van der Waals surface area contributed by atoms with Crippen LogP contribution in [0.15, 0.2) is 48.8 Å². The third kappa shape index (κ3) is 6.19. The van der Waals surface area contributed by atoms with Gasteiger partial charge < -0.3 is 19.7 Å². The van der Waals surface area contributed by atoms with E-state index in [1.54, 1.807) is 0 Å². The largest absolute Gasteiger partial charge is 0.490 e. The first-order valence-corrected chi connectivity index (χ1v) is 11.6. The number of rotatable bonds is 11. The van der Waals surface area contributed by atoms with Gasteiger partial charge in [-0.25, -0.2) is 0 Å². The minimum Gasteiger partial charge on any atom is -0.490 e. The third-order valence-electron chi connectivity index (χ3n) is 6.21. The summed E-state index contributed by atoms with van der Waals surface area (Å²) in [6, 6.07) is 13.7. The monoisotopic (exact) mass is 409 g/mol. The zero-order chi connectivity index (χ0) is 20.4. The maximum atomic E-state index is 6.02. The molecule has 30 heavy (non-hydrogen) atoms. The fourth-order valence-corrected chi connectivity index (χ4v) is 4.56. The molecule has 1 N–H and O–H groups in total. The first-order valence-electron chi connectivity index (χ1n) is 11.6. The Morgan fingerprint density at radius 1 is 1.07 bits per heavy atom. The van der Waals surface area contributed by atoms with Gasteiger partial charge in [0.2, 0.25) is 0 Å². The summed E-state index contributed by atoms with van der Waals surface area (Å²) in [4.78, 5) is 6.98. The number of benzene rings is 1. The minimum atomic E-state index is 0.484. The summed E-state index contributed by atoms with van der Waals surface area (Å²) in [6.45, 7) is 4.51. The molecule has 5 heteroatoms. The SMILES string of the molecule is c1ccc(COCCCC[C@@H]2CCCN2c2cncc(OC[C@@H]3CCCN3)c2)cc1. The summed E-state index contributed by atoms with van der Waals surface area (Å²) in [5.74, 6) is 0.890. The van der Waals surface area contributed by atoms with Crippen LogP contribution < -0.4 is 15.0 Å². The molecule has 2 aliphatic rings. The van der Waals surface area contributed by atoms with Crippen LogP contribution in [0.2, 0.25) is 0 Å². The Morgan fingerprint density at radius 3 is 2.87 bits per heavy atom. The maximum Gasteiger partial charge on any atom is 0.139 e. The van der Waals surface area contributed by atoms with Crippen LogP contribution in [0, 0.1) is 0 Å². The van der Waals surface area contributed by atoms with Gasteiger partial charge in [-0.05, 0) is 57.1 Å².